The van der Waals surface area contributed by atoms with Crippen LogP contribution < -0.4 is 5.56 Å². The first-order chi connectivity index (χ1) is 13.5. The molecule has 0 saturated carbocycles. The highest BCUT2D eigenvalue weighted by atomic mass is 16.2. The largest absolute Gasteiger partial charge is 0.336 e. The van der Waals surface area contributed by atoms with Crippen LogP contribution >= 0.6 is 0 Å². The molecule has 1 spiro atoms. The molecular formula is C22H25N3O3. The zero-order valence-electron chi connectivity index (χ0n) is 16.1. The number of carbonyl (C=O) groups excluding carboxylic acids is 2. The van der Waals surface area contributed by atoms with Crippen LogP contribution in [0.3, 0.4) is 0 Å². The summed E-state index contributed by atoms with van der Waals surface area (Å²) >= 11 is 0. The van der Waals surface area contributed by atoms with Crippen molar-refractivity contribution in [2.24, 2.45) is 7.05 Å². The lowest BCUT2D eigenvalue weighted by atomic mass is 9.84. The van der Waals surface area contributed by atoms with E-state index in [0.29, 0.717) is 31.5 Å². The van der Waals surface area contributed by atoms with Crippen molar-refractivity contribution < 1.29 is 9.59 Å². The van der Waals surface area contributed by atoms with Crippen molar-refractivity contribution in [2.45, 2.75) is 37.8 Å². The molecule has 0 aliphatic carbocycles. The Kier molecular flexibility index (Phi) is 4.79. The van der Waals surface area contributed by atoms with Crippen LogP contribution in [-0.2, 0) is 18.4 Å². The van der Waals surface area contributed by atoms with Crippen molar-refractivity contribution in [3.63, 3.8) is 0 Å². The molecule has 146 valence electrons. The first kappa shape index (κ1) is 18.5. The van der Waals surface area contributed by atoms with Crippen LogP contribution in [0.15, 0.2) is 53.5 Å². The molecule has 1 aromatic heterocycles. The first-order valence-corrected chi connectivity index (χ1v) is 9.83. The average Bonchev–Trinajstić information content (AvgIpc) is 3.12. The van der Waals surface area contributed by atoms with Gasteiger partial charge in [0, 0.05) is 38.9 Å². The van der Waals surface area contributed by atoms with Crippen molar-refractivity contribution >= 4 is 11.8 Å². The minimum Gasteiger partial charge on any atom is -0.336 e. The molecule has 3 heterocycles. The number of amides is 2. The fraction of sp³-hybridized carbons (Fsp3) is 0.409. The molecule has 28 heavy (non-hydrogen) atoms. The van der Waals surface area contributed by atoms with E-state index in [4.69, 9.17) is 0 Å². The molecule has 0 bridgehead atoms. The molecule has 1 unspecified atom stereocenters. The summed E-state index contributed by atoms with van der Waals surface area (Å²) in [6.07, 6.45) is 4.67. The third kappa shape index (κ3) is 3.13. The van der Waals surface area contributed by atoms with Gasteiger partial charge in [-0.15, -0.1) is 0 Å². The second kappa shape index (κ2) is 7.26. The molecule has 2 aromatic rings. The molecule has 6 heteroatoms. The van der Waals surface area contributed by atoms with Gasteiger partial charge in [-0.3, -0.25) is 14.4 Å². The molecule has 1 atom stereocenters. The maximum absolute atomic E-state index is 13.5. The van der Waals surface area contributed by atoms with E-state index >= 15 is 0 Å². The van der Waals surface area contributed by atoms with E-state index in [-0.39, 0.29) is 17.4 Å². The summed E-state index contributed by atoms with van der Waals surface area (Å²) in [5, 5.41) is 0. The highest BCUT2D eigenvalue weighted by molar-refractivity contribution is 5.99. The lowest BCUT2D eigenvalue weighted by Crippen LogP contribution is -2.61. The fourth-order valence-corrected chi connectivity index (χ4v) is 4.55. The van der Waals surface area contributed by atoms with Gasteiger partial charge in [-0.25, -0.2) is 0 Å². The molecule has 2 fully saturated rings. The zero-order chi connectivity index (χ0) is 19.7. The van der Waals surface area contributed by atoms with Crippen LogP contribution in [0.25, 0.3) is 0 Å². The standard InChI is InChI=1S/C22H25N3O3/c1-23-16-18(9-10-19(23)26)20(27)25-14-6-12-22(25)11-5-13-24(21(22)28)15-17-7-3-2-4-8-17/h2-4,7-10,16H,5-6,11-15H2,1H3. The van der Waals surface area contributed by atoms with Gasteiger partial charge < -0.3 is 14.4 Å². The SMILES string of the molecule is Cn1cc(C(=O)N2CCCC23CCCN(Cc2ccccc2)C3=O)ccc1=O. The number of piperidine rings is 1. The van der Waals surface area contributed by atoms with Gasteiger partial charge in [0.25, 0.3) is 5.91 Å². The van der Waals surface area contributed by atoms with E-state index < -0.39 is 5.54 Å². The predicted molar refractivity (Wildman–Crippen MR) is 106 cm³/mol. The molecule has 2 saturated heterocycles. The van der Waals surface area contributed by atoms with Gasteiger partial charge in [-0.05, 0) is 37.3 Å². The van der Waals surface area contributed by atoms with Crippen LogP contribution in [0, 0.1) is 0 Å². The summed E-state index contributed by atoms with van der Waals surface area (Å²) < 4.78 is 1.40. The molecule has 6 nitrogen and oxygen atoms in total. The molecule has 0 radical (unpaired) electrons. The van der Waals surface area contributed by atoms with E-state index in [1.165, 1.54) is 10.6 Å². The molecule has 2 aliphatic rings. The van der Waals surface area contributed by atoms with Crippen LogP contribution in [-0.4, -0.2) is 44.8 Å². The maximum Gasteiger partial charge on any atom is 0.256 e. The number of likely N-dealkylation sites (tertiary alicyclic amines) is 2. The summed E-state index contributed by atoms with van der Waals surface area (Å²) in [5.41, 5.74) is 0.646. The van der Waals surface area contributed by atoms with Gasteiger partial charge in [-0.2, -0.15) is 0 Å². The van der Waals surface area contributed by atoms with Gasteiger partial charge in [0.1, 0.15) is 5.54 Å². The molecular weight excluding hydrogens is 354 g/mol. The third-order valence-electron chi connectivity index (χ3n) is 5.99. The molecule has 0 N–H and O–H groups in total. The average molecular weight is 379 g/mol. The Labute approximate surface area is 164 Å². The van der Waals surface area contributed by atoms with Gasteiger partial charge in [-0.1, -0.05) is 30.3 Å². The third-order valence-corrected chi connectivity index (χ3v) is 5.99. The maximum atomic E-state index is 13.5. The molecule has 2 amide bonds. The number of nitrogens with zero attached hydrogens (tertiary/aromatic N) is 3. The minimum absolute atomic E-state index is 0.0540. The molecule has 4 rings (SSSR count). The summed E-state index contributed by atoms with van der Waals surface area (Å²) in [7, 11) is 1.63. The van der Waals surface area contributed by atoms with Gasteiger partial charge in [0.15, 0.2) is 0 Å². The summed E-state index contributed by atoms with van der Waals surface area (Å²) in [4.78, 5) is 42.0. The van der Waals surface area contributed by atoms with Crippen LogP contribution in [0.1, 0.15) is 41.6 Å². The number of aromatic nitrogens is 1. The monoisotopic (exact) mass is 379 g/mol. The summed E-state index contributed by atoms with van der Waals surface area (Å²) in [6, 6.07) is 12.9. The number of hydrogen-bond acceptors (Lipinski definition) is 3. The number of aryl methyl sites for hydroxylation is 1. The second-order valence-corrected chi connectivity index (χ2v) is 7.77. The van der Waals surface area contributed by atoms with Gasteiger partial charge in [0.05, 0.1) is 5.56 Å². The van der Waals surface area contributed by atoms with Crippen molar-refractivity contribution in [1.29, 1.82) is 0 Å². The van der Waals surface area contributed by atoms with Crippen molar-refractivity contribution in [3.8, 4) is 0 Å². The van der Waals surface area contributed by atoms with E-state index in [2.05, 4.69) is 0 Å². The minimum atomic E-state index is -0.751. The normalized spacial score (nSPS) is 22.1. The van der Waals surface area contributed by atoms with Crippen molar-refractivity contribution in [2.75, 3.05) is 13.1 Å². The second-order valence-electron chi connectivity index (χ2n) is 7.77. The number of pyridine rings is 1. The Morgan fingerprint density at radius 2 is 1.71 bits per heavy atom. The van der Waals surface area contributed by atoms with E-state index in [1.54, 1.807) is 24.2 Å². The van der Waals surface area contributed by atoms with Crippen molar-refractivity contribution in [1.82, 2.24) is 14.4 Å². The fourth-order valence-electron chi connectivity index (χ4n) is 4.55. The van der Waals surface area contributed by atoms with E-state index in [0.717, 1.165) is 24.9 Å². The zero-order valence-corrected chi connectivity index (χ0v) is 16.1. The quantitative estimate of drug-likeness (QED) is 0.821. The van der Waals surface area contributed by atoms with Gasteiger partial charge in [0.2, 0.25) is 11.5 Å². The predicted octanol–water partition coefficient (Wildman–Crippen LogP) is 2.18. The molecule has 1 aromatic carbocycles. The number of rotatable bonds is 3. The molecule has 2 aliphatic heterocycles. The number of carbonyl (C=O) groups is 2. The van der Waals surface area contributed by atoms with E-state index in [9.17, 15) is 14.4 Å². The van der Waals surface area contributed by atoms with Crippen LogP contribution in [0.2, 0.25) is 0 Å². The van der Waals surface area contributed by atoms with Crippen LogP contribution in [0.4, 0.5) is 0 Å². The number of benzene rings is 1. The van der Waals surface area contributed by atoms with Crippen LogP contribution in [0.5, 0.6) is 0 Å². The Morgan fingerprint density at radius 1 is 1.00 bits per heavy atom. The Hall–Kier alpha value is -2.89. The Bertz CT molecular complexity index is 953. The number of hydrogen-bond donors (Lipinski definition) is 0. The Balaban J connectivity index is 1.61. The van der Waals surface area contributed by atoms with Gasteiger partial charge >= 0.3 is 0 Å². The topological polar surface area (TPSA) is 62.6 Å². The highest BCUT2D eigenvalue weighted by Gasteiger charge is 2.52. The smallest absolute Gasteiger partial charge is 0.256 e. The summed E-state index contributed by atoms with van der Waals surface area (Å²) in [6.45, 7) is 1.87. The van der Waals surface area contributed by atoms with Crippen molar-refractivity contribution in [3.05, 3.63) is 70.1 Å². The summed E-state index contributed by atoms with van der Waals surface area (Å²) in [5.74, 6) is -0.110. The highest BCUT2D eigenvalue weighted by Crippen LogP contribution is 2.39. The Morgan fingerprint density at radius 3 is 2.43 bits per heavy atom. The van der Waals surface area contributed by atoms with E-state index in [1.807, 2.05) is 35.2 Å². The first-order valence-electron chi connectivity index (χ1n) is 9.83. The lowest BCUT2D eigenvalue weighted by Gasteiger charge is -2.44. The lowest BCUT2D eigenvalue weighted by molar-refractivity contribution is -0.146.